The van der Waals surface area contributed by atoms with Gasteiger partial charge in [0.25, 0.3) is 11.8 Å². The van der Waals surface area contributed by atoms with E-state index in [1.165, 1.54) is 108 Å². The number of hydrogen-bond donors (Lipinski definition) is 0. The molecule has 1 aromatic rings. The molecule has 0 spiro atoms. The molecule has 1 aromatic carbocycles. The van der Waals surface area contributed by atoms with Crippen molar-refractivity contribution in [2.45, 2.75) is 128 Å². The van der Waals surface area contributed by atoms with Crippen molar-refractivity contribution in [1.82, 2.24) is 4.90 Å². The Kier molecular flexibility index (Phi) is 16.4. The van der Waals surface area contributed by atoms with Crippen LogP contribution < -0.4 is 0 Å². The highest BCUT2D eigenvalue weighted by Crippen LogP contribution is 2.28. The van der Waals surface area contributed by atoms with Gasteiger partial charge in [0.1, 0.15) is 0 Å². The minimum Gasteiger partial charge on any atom is -0.274 e. The molecule has 1 heterocycles. The number of benzene rings is 1. The van der Waals surface area contributed by atoms with Gasteiger partial charge in [0, 0.05) is 6.54 Å². The molecule has 0 N–H and O–H groups in total. The van der Waals surface area contributed by atoms with Gasteiger partial charge in [-0.3, -0.25) is 14.5 Å². The van der Waals surface area contributed by atoms with Gasteiger partial charge in [0.2, 0.25) is 0 Å². The number of rotatable bonds is 22. The first-order valence-electron chi connectivity index (χ1n) is 14.4. The average Bonchev–Trinajstić information content (AvgIpc) is 3.09. The first-order chi connectivity index (χ1) is 17.4. The zero-order chi connectivity index (χ0) is 26.1. The molecule has 0 saturated carbocycles. The monoisotopic (exact) mass is 573 g/mol. The lowest BCUT2D eigenvalue weighted by Crippen LogP contribution is -2.30. The standard InChI is InChI=1S/C29H46Cl3NO2Si/c30-36(31,32)25-21-17-15-13-11-9-7-5-3-1-2-4-6-8-10-12-14-16-20-24-33-28(34)26-22-18-19-23-27(26)29(33)35/h18-19,22-23H,1-17,20-21,24-25H2. The van der Waals surface area contributed by atoms with Crippen LogP contribution in [0.5, 0.6) is 0 Å². The zero-order valence-electron chi connectivity index (χ0n) is 22.1. The molecular weight excluding hydrogens is 529 g/mol. The van der Waals surface area contributed by atoms with Gasteiger partial charge < -0.3 is 0 Å². The zero-order valence-corrected chi connectivity index (χ0v) is 25.3. The number of carbonyl (C=O) groups excluding carboxylic acids is 2. The average molecular weight is 575 g/mol. The van der Waals surface area contributed by atoms with Gasteiger partial charge in [-0.2, -0.15) is 0 Å². The third-order valence-corrected chi connectivity index (χ3v) is 9.84. The lowest BCUT2D eigenvalue weighted by Gasteiger charge is -2.13. The van der Waals surface area contributed by atoms with Crippen LogP contribution >= 0.6 is 33.2 Å². The molecule has 0 aromatic heterocycles. The normalized spacial score (nSPS) is 13.6. The molecule has 1 aliphatic rings. The van der Waals surface area contributed by atoms with Crippen molar-refractivity contribution >= 4 is 51.1 Å². The summed E-state index contributed by atoms with van der Waals surface area (Å²) in [5.74, 6) is -0.253. The van der Waals surface area contributed by atoms with E-state index in [1.807, 2.05) is 12.1 Å². The largest absolute Gasteiger partial charge is 0.341 e. The maximum atomic E-state index is 12.4. The molecule has 0 unspecified atom stereocenters. The lowest BCUT2D eigenvalue weighted by molar-refractivity contribution is 0.0651. The van der Waals surface area contributed by atoms with E-state index in [-0.39, 0.29) is 11.8 Å². The molecule has 7 heteroatoms. The summed E-state index contributed by atoms with van der Waals surface area (Å²) in [6.07, 6.45) is 24.4. The van der Waals surface area contributed by atoms with Crippen LogP contribution in [-0.2, 0) is 0 Å². The van der Waals surface area contributed by atoms with Crippen molar-refractivity contribution in [2.75, 3.05) is 6.54 Å². The van der Waals surface area contributed by atoms with Gasteiger partial charge >= 0.3 is 6.00 Å². The summed E-state index contributed by atoms with van der Waals surface area (Å²) in [5.41, 5.74) is 1.11. The van der Waals surface area contributed by atoms with Crippen LogP contribution in [0, 0.1) is 0 Å². The fraction of sp³-hybridized carbons (Fsp3) is 0.724. The summed E-state index contributed by atoms with van der Waals surface area (Å²) in [4.78, 5) is 26.1. The van der Waals surface area contributed by atoms with Crippen LogP contribution in [0.4, 0.5) is 0 Å². The Labute approximate surface area is 234 Å². The molecule has 2 rings (SSSR count). The van der Waals surface area contributed by atoms with Gasteiger partial charge in [-0.25, -0.2) is 0 Å². The summed E-state index contributed by atoms with van der Waals surface area (Å²) < 4.78 is 0. The van der Waals surface area contributed by atoms with Crippen LogP contribution in [0.2, 0.25) is 6.04 Å². The topological polar surface area (TPSA) is 37.4 Å². The summed E-state index contributed by atoms with van der Waals surface area (Å²) in [6, 6.07) is 5.56. The molecule has 2 amide bonds. The van der Waals surface area contributed by atoms with Crippen molar-refractivity contribution in [3.63, 3.8) is 0 Å². The van der Waals surface area contributed by atoms with Gasteiger partial charge in [0.15, 0.2) is 0 Å². The number of fused-ring (bicyclic) bond motifs is 1. The van der Waals surface area contributed by atoms with Gasteiger partial charge in [0.05, 0.1) is 11.1 Å². The first kappa shape index (κ1) is 31.7. The SMILES string of the molecule is O=C1c2ccccc2C(=O)N1CCCCCCCCCCCCCCCCCCCCC[Si](Cl)(Cl)Cl. The lowest BCUT2D eigenvalue weighted by atomic mass is 10.0. The number of imide groups is 1. The number of carbonyl (C=O) groups is 2. The summed E-state index contributed by atoms with van der Waals surface area (Å²) in [5, 5.41) is 0. The summed E-state index contributed by atoms with van der Waals surface area (Å²) in [7, 11) is 0. The molecule has 0 bridgehead atoms. The fourth-order valence-electron chi connectivity index (χ4n) is 5.04. The van der Waals surface area contributed by atoms with Crippen molar-refractivity contribution in [1.29, 1.82) is 0 Å². The molecule has 0 fully saturated rings. The minimum atomic E-state index is -2.39. The second-order valence-corrected chi connectivity index (χ2v) is 19.7. The highest BCUT2D eigenvalue weighted by atomic mass is 35.8. The van der Waals surface area contributed by atoms with E-state index in [4.69, 9.17) is 33.2 Å². The fourth-order valence-corrected chi connectivity index (χ4v) is 6.90. The van der Waals surface area contributed by atoms with E-state index in [0.29, 0.717) is 17.7 Å². The van der Waals surface area contributed by atoms with Crippen LogP contribution in [0.15, 0.2) is 24.3 Å². The molecule has 0 aliphatic carbocycles. The van der Waals surface area contributed by atoms with E-state index >= 15 is 0 Å². The third-order valence-electron chi connectivity index (χ3n) is 7.22. The van der Waals surface area contributed by atoms with E-state index < -0.39 is 6.00 Å². The van der Waals surface area contributed by atoms with E-state index in [1.54, 1.807) is 12.1 Å². The van der Waals surface area contributed by atoms with Crippen LogP contribution in [0.1, 0.15) is 143 Å². The van der Waals surface area contributed by atoms with Crippen molar-refractivity contribution in [3.8, 4) is 0 Å². The third kappa shape index (κ3) is 13.3. The Balaban J connectivity index is 1.27. The Bertz CT molecular complexity index is 734. The molecule has 3 nitrogen and oxygen atoms in total. The number of nitrogens with zero attached hydrogens (tertiary/aromatic N) is 1. The van der Waals surface area contributed by atoms with E-state index in [2.05, 4.69) is 0 Å². The van der Waals surface area contributed by atoms with Crippen LogP contribution in [0.3, 0.4) is 0 Å². The van der Waals surface area contributed by atoms with Crippen molar-refractivity contribution in [2.24, 2.45) is 0 Å². The highest BCUT2D eigenvalue weighted by molar-refractivity contribution is 7.64. The van der Waals surface area contributed by atoms with Gasteiger partial charge in [-0.15, -0.1) is 33.2 Å². The smallest absolute Gasteiger partial charge is 0.274 e. The molecule has 36 heavy (non-hydrogen) atoms. The van der Waals surface area contributed by atoms with E-state index in [9.17, 15) is 9.59 Å². The second kappa shape index (κ2) is 18.7. The van der Waals surface area contributed by atoms with E-state index in [0.717, 1.165) is 25.3 Å². The molecular formula is C29H46Cl3NO2Si. The predicted octanol–water partition coefficient (Wildman–Crippen LogP) is 10.3. The first-order valence-corrected chi connectivity index (χ1v) is 19.7. The molecule has 204 valence electrons. The minimum absolute atomic E-state index is 0.127. The van der Waals surface area contributed by atoms with Gasteiger partial charge in [-0.05, 0) is 24.6 Å². The second-order valence-electron chi connectivity index (χ2n) is 10.4. The number of amides is 2. The number of unbranched alkanes of at least 4 members (excludes halogenated alkanes) is 18. The Morgan fingerprint density at radius 1 is 0.500 bits per heavy atom. The Morgan fingerprint density at radius 3 is 1.14 bits per heavy atom. The molecule has 0 saturated heterocycles. The van der Waals surface area contributed by atoms with Crippen LogP contribution in [0.25, 0.3) is 0 Å². The highest BCUT2D eigenvalue weighted by Gasteiger charge is 2.34. The summed E-state index contributed by atoms with van der Waals surface area (Å²) >= 11 is 17.7. The van der Waals surface area contributed by atoms with Gasteiger partial charge in [-0.1, -0.05) is 128 Å². The maximum absolute atomic E-state index is 12.4. The number of hydrogen-bond acceptors (Lipinski definition) is 2. The molecule has 0 atom stereocenters. The Hall–Kier alpha value is -0.553. The molecule has 0 radical (unpaired) electrons. The quantitative estimate of drug-likeness (QED) is 0.0597. The summed E-state index contributed by atoms with van der Waals surface area (Å²) in [6.45, 7) is 0.549. The Morgan fingerprint density at radius 2 is 0.806 bits per heavy atom. The van der Waals surface area contributed by atoms with Crippen molar-refractivity contribution in [3.05, 3.63) is 35.4 Å². The molecule has 1 aliphatic heterocycles. The van der Waals surface area contributed by atoms with Crippen molar-refractivity contribution < 1.29 is 9.59 Å². The number of halogens is 3. The predicted molar refractivity (Wildman–Crippen MR) is 158 cm³/mol. The van der Waals surface area contributed by atoms with Crippen LogP contribution in [-0.4, -0.2) is 29.3 Å². The maximum Gasteiger partial charge on any atom is 0.341 e.